The van der Waals surface area contributed by atoms with Crippen LogP contribution >= 0.6 is 0 Å². The Morgan fingerprint density at radius 2 is 2.04 bits per heavy atom. The van der Waals surface area contributed by atoms with Gasteiger partial charge in [0.1, 0.15) is 13.1 Å². The van der Waals surface area contributed by atoms with Gasteiger partial charge in [-0.2, -0.15) is 13.2 Å². The van der Waals surface area contributed by atoms with Crippen molar-refractivity contribution in [3.8, 4) is 0 Å². The quantitative estimate of drug-likeness (QED) is 0.839. The van der Waals surface area contributed by atoms with Crippen LogP contribution in [0, 0.1) is 0 Å². The monoisotopic (exact) mass is 371 g/mol. The molecule has 4 nitrogen and oxygen atoms in total. The Morgan fingerprint density at radius 3 is 2.81 bits per heavy atom. The van der Waals surface area contributed by atoms with Crippen molar-refractivity contribution in [1.82, 2.24) is 5.32 Å². The average Bonchev–Trinajstić information content (AvgIpc) is 2.68. The van der Waals surface area contributed by atoms with E-state index in [2.05, 4.69) is 10.3 Å². The molecular weight excluding hydrogens is 353 g/mol. The van der Waals surface area contributed by atoms with Crippen molar-refractivity contribution in [3.63, 3.8) is 0 Å². The molecule has 3 heterocycles. The number of halogens is 3. The minimum absolute atomic E-state index is 0.517. The lowest BCUT2D eigenvalue weighted by Gasteiger charge is -2.24. The normalized spacial score (nSPS) is 16.3. The number of allylic oxidation sites excluding steroid dienone is 1. The maximum atomic E-state index is 13.1. The molecule has 7 heteroatoms. The second kappa shape index (κ2) is 6.90. The maximum Gasteiger partial charge on any atom is 0.416 e. The number of hydrogen-bond acceptors (Lipinski definition) is 3. The van der Waals surface area contributed by atoms with Gasteiger partial charge in [0.2, 0.25) is 0 Å². The first-order chi connectivity index (χ1) is 13.0. The van der Waals surface area contributed by atoms with Crippen molar-refractivity contribution in [3.05, 3.63) is 77.8 Å². The van der Waals surface area contributed by atoms with Crippen molar-refractivity contribution in [2.75, 3.05) is 18.0 Å². The molecule has 0 saturated carbocycles. The number of anilines is 1. The third kappa shape index (κ3) is 3.72. The highest BCUT2D eigenvalue weighted by atomic mass is 19.4. The van der Waals surface area contributed by atoms with Crippen molar-refractivity contribution < 1.29 is 17.7 Å². The zero-order valence-electron chi connectivity index (χ0n) is 14.4. The van der Waals surface area contributed by atoms with Crippen LogP contribution in [0.5, 0.6) is 0 Å². The summed E-state index contributed by atoms with van der Waals surface area (Å²) in [4.78, 5) is 6.26. The van der Waals surface area contributed by atoms with E-state index >= 15 is 0 Å². The van der Waals surface area contributed by atoms with E-state index in [4.69, 9.17) is 0 Å². The van der Waals surface area contributed by atoms with Crippen molar-refractivity contribution >= 4 is 17.7 Å². The molecule has 138 valence electrons. The van der Waals surface area contributed by atoms with Gasteiger partial charge in [-0.15, -0.1) is 0 Å². The van der Waals surface area contributed by atoms with Gasteiger partial charge >= 0.3 is 6.18 Å². The van der Waals surface area contributed by atoms with Crippen LogP contribution in [0.15, 0.2) is 71.6 Å². The topological polar surface area (TPSA) is 31.5 Å². The van der Waals surface area contributed by atoms with Gasteiger partial charge < -0.3 is 5.32 Å². The molecule has 27 heavy (non-hydrogen) atoms. The van der Waals surface area contributed by atoms with E-state index in [1.807, 2.05) is 46.3 Å². The molecule has 0 aliphatic carbocycles. The number of aliphatic imine (C=N–C) groups is 1. The van der Waals surface area contributed by atoms with E-state index in [-0.39, 0.29) is 0 Å². The summed E-state index contributed by atoms with van der Waals surface area (Å²) in [6.45, 7) is 1.73. The molecule has 1 N–H and O–H groups in total. The van der Waals surface area contributed by atoms with Gasteiger partial charge in [0.25, 0.3) is 5.82 Å². The molecule has 2 aliphatic rings. The van der Waals surface area contributed by atoms with Crippen LogP contribution in [-0.2, 0) is 12.7 Å². The first-order valence-electron chi connectivity index (χ1n) is 8.56. The van der Waals surface area contributed by atoms with E-state index < -0.39 is 11.7 Å². The van der Waals surface area contributed by atoms with E-state index in [9.17, 15) is 13.2 Å². The molecule has 4 rings (SSSR count). The summed E-state index contributed by atoms with van der Waals surface area (Å²) in [5.74, 6) is 0.990. The maximum absolute atomic E-state index is 13.1. The number of rotatable bonds is 3. The lowest BCUT2D eigenvalue weighted by molar-refractivity contribution is -0.673. The molecule has 0 atom stereocenters. The lowest BCUT2D eigenvalue weighted by atomic mass is 10.0. The number of aromatic nitrogens is 1. The summed E-state index contributed by atoms with van der Waals surface area (Å²) in [5, 5.41) is 2.98. The minimum atomic E-state index is -4.35. The fourth-order valence-corrected chi connectivity index (χ4v) is 3.26. The molecule has 0 fully saturated rings. The molecule has 0 amide bonds. The Kier molecular flexibility index (Phi) is 4.43. The van der Waals surface area contributed by atoms with Gasteiger partial charge in [0, 0.05) is 23.4 Å². The Morgan fingerprint density at radius 1 is 1.15 bits per heavy atom. The molecule has 1 aromatic carbocycles. The van der Waals surface area contributed by atoms with Crippen LogP contribution in [-0.4, -0.2) is 19.4 Å². The minimum Gasteiger partial charge on any atom is -0.353 e. The van der Waals surface area contributed by atoms with E-state index in [1.54, 1.807) is 12.4 Å². The zero-order chi connectivity index (χ0) is 18.9. The molecule has 0 unspecified atom stereocenters. The molecule has 2 aromatic rings. The second-order valence-electron chi connectivity index (χ2n) is 6.49. The molecule has 0 radical (unpaired) electrons. The number of nitrogens with zero attached hydrogens (tertiary/aromatic N) is 3. The second-order valence-corrected chi connectivity index (χ2v) is 6.49. The predicted molar refractivity (Wildman–Crippen MR) is 98.0 cm³/mol. The summed E-state index contributed by atoms with van der Waals surface area (Å²) >= 11 is 0. The van der Waals surface area contributed by atoms with Crippen molar-refractivity contribution in [2.24, 2.45) is 4.99 Å². The van der Waals surface area contributed by atoms with Crippen LogP contribution < -0.4 is 14.8 Å². The summed E-state index contributed by atoms with van der Waals surface area (Å²) in [5.41, 5.74) is 1.86. The number of fused-ring (bicyclic) bond motifs is 1. The van der Waals surface area contributed by atoms with Gasteiger partial charge in [-0.25, -0.2) is 9.47 Å². The van der Waals surface area contributed by atoms with Gasteiger partial charge in [-0.3, -0.25) is 4.99 Å². The first kappa shape index (κ1) is 17.3. The number of benzene rings is 1. The Labute approximate surface area is 155 Å². The number of nitrogens with one attached hydrogen (secondary N) is 1. The van der Waals surface area contributed by atoms with Gasteiger partial charge in [-0.1, -0.05) is 18.2 Å². The third-order valence-corrected chi connectivity index (χ3v) is 4.55. The highest BCUT2D eigenvalue weighted by Gasteiger charge is 2.32. The van der Waals surface area contributed by atoms with Crippen LogP contribution in [0.25, 0.3) is 5.57 Å². The van der Waals surface area contributed by atoms with Crippen LogP contribution in [0.4, 0.5) is 19.0 Å². The average molecular weight is 371 g/mol. The van der Waals surface area contributed by atoms with Crippen LogP contribution in [0.2, 0.25) is 0 Å². The highest BCUT2D eigenvalue weighted by Crippen LogP contribution is 2.32. The predicted octanol–water partition coefficient (Wildman–Crippen LogP) is 3.37. The smallest absolute Gasteiger partial charge is 0.353 e. The fourth-order valence-electron chi connectivity index (χ4n) is 3.26. The van der Waals surface area contributed by atoms with Gasteiger partial charge in [-0.05, 0) is 23.8 Å². The molecule has 2 aliphatic heterocycles. The SMILES string of the molecule is FC(F)(F)c1cccc(C2=CN(CC3=CNC=NC3)c3cccc[n+]3C2)c1. The molecule has 0 spiro atoms. The Balaban J connectivity index is 1.70. The summed E-state index contributed by atoms with van der Waals surface area (Å²) in [6, 6.07) is 11.4. The van der Waals surface area contributed by atoms with Crippen molar-refractivity contribution in [1.29, 1.82) is 0 Å². The summed E-state index contributed by atoms with van der Waals surface area (Å²) in [7, 11) is 0. The summed E-state index contributed by atoms with van der Waals surface area (Å²) in [6.07, 6.45) is 3.07. The standard InChI is InChI=1S/C20H18F3N4/c21-20(22,23)18-5-3-4-16(8-18)17-12-26-7-2-1-6-19(26)27(13-17)11-15-9-24-14-25-10-15/h1-9,13-14H,10-12H2,(H,24,25)/q+1. The number of pyridine rings is 1. The van der Waals surface area contributed by atoms with E-state index in [0.29, 0.717) is 25.2 Å². The molecular formula is C20H18F3N4+. The summed E-state index contributed by atoms with van der Waals surface area (Å²) < 4.78 is 41.3. The third-order valence-electron chi connectivity index (χ3n) is 4.55. The van der Waals surface area contributed by atoms with Gasteiger partial charge in [0.15, 0.2) is 0 Å². The fraction of sp³-hybridized carbons (Fsp3) is 0.200. The van der Waals surface area contributed by atoms with Crippen molar-refractivity contribution in [2.45, 2.75) is 12.7 Å². The largest absolute Gasteiger partial charge is 0.416 e. The zero-order valence-corrected chi connectivity index (χ0v) is 14.4. The van der Waals surface area contributed by atoms with E-state index in [1.165, 1.54) is 12.1 Å². The number of hydrogen-bond donors (Lipinski definition) is 1. The molecule has 1 aromatic heterocycles. The Bertz CT molecular complexity index is 944. The first-order valence-corrected chi connectivity index (χ1v) is 8.56. The van der Waals surface area contributed by atoms with Crippen LogP contribution in [0.1, 0.15) is 11.1 Å². The van der Waals surface area contributed by atoms with E-state index in [0.717, 1.165) is 23.0 Å². The Hall–Kier alpha value is -3.09. The van der Waals surface area contributed by atoms with Gasteiger partial charge in [0.05, 0.1) is 30.8 Å². The lowest BCUT2D eigenvalue weighted by Crippen LogP contribution is -2.45. The number of alkyl halides is 3. The highest BCUT2D eigenvalue weighted by molar-refractivity contribution is 5.69. The molecule has 0 bridgehead atoms. The van der Waals surface area contributed by atoms with Crippen LogP contribution in [0.3, 0.4) is 0 Å². The molecule has 0 saturated heterocycles.